The van der Waals surface area contributed by atoms with Gasteiger partial charge < -0.3 is 14.2 Å². The van der Waals surface area contributed by atoms with Gasteiger partial charge in [0.25, 0.3) is 0 Å². The summed E-state index contributed by atoms with van der Waals surface area (Å²) in [5.74, 6) is -2.23. The standard InChI is InChI=1S/C14H11FO5/c1-3-13(16)19-8-7-18-12-6-5-10(9-11(12)15)20-14(17)4-2/h3-9H,1-2H2. The second-order valence-corrected chi connectivity index (χ2v) is 3.25. The number of esters is 2. The molecule has 104 valence electrons. The average Bonchev–Trinajstić information content (AvgIpc) is 2.44. The maximum Gasteiger partial charge on any atom is 0.335 e. The van der Waals surface area contributed by atoms with E-state index in [4.69, 9.17) is 9.47 Å². The first-order chi connectivity index (χ1) is 9.56. The Morgan fingerprint density at radius 3 is 2.40 bits per heavy atom. The molecule has 1 aromatic carbocycles. The van der Waals surface area contributed by atoms with Crippen LogP contribution in [0.5, 0.6) is 11.5 Å². The van der Waals surface area contributed by atoms with Crippen molar-refractivity contribution < 1.29 is 28.2 Å². The van der Waals surface area contributed by atoms with Crippen LogP contribution in [0.15, 0.2) is 56.0 Å². The lowest BCUT2D eigenvalue weighted by Crippen LogP contribution is -2.03. The van der Waals surface area contributed by atoms with Gasteiger partial charge in [0.1, 0.15) is 18.3 Å². The Hall–Kier alpha value is -2.89. The van der Waals surface area contributed by atoms with Crippen molar-refractivity contribution in [3.63, 3.8) is 0 Å². The zero-order valence-electron chi connectivity index (χ0n) is 10.4. The third kappa shape index (κ3) is 4.77. The fourth-order valence-electron chi connectivity index (χ4n) is 1.04. The fraction of sp³-hybridized carbons (Fsp3) is 0. The van der Waals surface area contributed by atoms with Crippen molar-refractivity contribution in [3.05, 3.63) is 61.9 Å². The van der Waals surface area contributed by atoms with Crippen molar-refractivity contribution in [2.45, 2.75) is 0 Å². The molecule has 0 fully saturated rings. The van der Waals surface area contributed by atoms with Crippen LogP contribution in [0, 0.1) is 5.82 Å². The summed E-state index contributed by atoms with van der Waals surface area (Å²) >= 11 is 0. The molecule has 20 heavy (non-hydrogen) atoms. The molecule has 1 rings (SSSR count). The van der Waals surface area contributed by atoms with Crippen LogP contribution in [0.25, 0.3) is 0 Å². The molecule has 0 radical (unpaired) electrons. The molecular weight excluding hydrogens is 267 g/mol. The molecule has 0 amide bonds. The lowest BCUT2D eigenvalue weighted by Gasteiger charge is -2.05. The predicted octanol–water partition coefficient (Wildman–Crippen LogP) is 2.50. The summed E-state index contributed by atoms with van der Waals surface area (Å²) in [5, 5.41) is 0. The van der Waals surface area contributed by atoms with Gasteiger partial charge in [0, 0.05) is 18.2 Å². The molecule has 5 nitrogen and oxygen atoms in total. The maximum absolute atomic E-state index is 13.6. The SMILES string of the molecule is C=CC(=O)OC=COc1ccc(OC(=O)C=C)cc1F. The Balaban J connectivity index is 2.64. The van der Waals surface area contributed by atoms with Gasteiger partial charge in [0.05, 0.1) is 0 Å². The fourth-order valence-corrected chi connectivity index (χ4v) is 1.04. The van der Waals surface area contributed by atoms with Crippen LogP contribution in [-0.2, 0) is 14.3 Å². The van der Waals surface area contributed by atoms with Crippen LogP contribution in [-0.4, -0.2) is 11.9 Å². The number of hydrogen-bond acceptors (Lipinski definition) is 5. The second-order valence-electron chi connectivity index (χ2n) is 3.25. The van der Waals surface area contributed by atoms with Crippen LogP contribution >= 0.6 is 0 Å². The lowest BCUT2D eigenvalue weighted by molar-refractivity contribution is -0.132. The first kappa shape index (κ1) is 15.2. The highest BCUT2D eigenvalue weighted by atomic mass is 19.1. The molecular formula is C14H11FO5. The summed E-state index contributed by atoms with van der Waals surface area (Å²) in [6.45, 7) is 6.41. The molecule has 0 N–H and O–H groups in total. The second kappa shape index (κ2) is 7.52. The highest BCUT2D eigenvalue weighted by Crippen LogP contribution is 2.23. The van der Waals surface area contributed by atoms with E-state index in [1.165, 1.54) is 12.1 Å². The van der Waals surface area contributed by atoms with Crippen LogP contribution in [0.4, 0.5) is 4.39 Å². The Kier molecular flexibility index (Phi) is 5.71. The molecule has 0 heterocycles. The minimum absolute atomic E-state index is 0.0156. The normalized spacial score (nSPS) is 9.85. The van der Waals surface area contributed by atoms with Gasteiger partial charge in [-0.05, 0) is 12.1 Å². The van der Waals surface area contributed by atoms with Crippen molar-refractivity contribution in [1.82, 2.24) is 0 Å². The van der Waals surface area contributed by atoms with Gasteiger partial charge in [0.15, 0.2) is 11.6 Å². The number of carbonyl (C=O) groups excluding carboxylic acids is 2. The monoisotopic (exact) mass is 278 g/mol. The van der Waals surface area contributed by atoms with Crippen molar-refractivity contribution >= 4 is 11.9 Å². The first-order valence-corrected chi connectivity index (χ1v) is 5.35. The van der Waals surface area contributed by atoms with E-state index in [2.05, 4.69) is 17.9 Å². The molecule has 0 bridgehead atoms. The van der Waals surface area contributed by atoms with Crippen LogP contribution in [0.3, 0.4) is 0 Å². The van der Waals surface area contributed by atoms with E-state index in [-0.39, 0.29) is 11.5 Å². The molecule has 0 saturated carbocycles. The number of rotatable bonds is 6. The van der Waals surface area contributed by atoms with Crippen molar-refractivity contribution in [3.8, 4) is 11.5 Å². The van der Waals surface area contributed by atoms with Gasteiger partial charge >= 0.3 is 11.9 Å². The van der Waals surface area contributed by atoms with Gasteiger partial charge in [-0.3, -0.25) is 0 Å². The van der Waals surface area contributed by atoms with E-state index in [1.807, 2.05) is 0 Å². The van der Waals surface area contributed by atoms with E-state index in [0.29, 0.717) is 0 Å². The maximum atomic E-state index is 13.6. The summed E-state index contributed by atoms with van der Waals surface area (Å²) in [4.78, 5) is 21.6. The zero-order valence-corrected chi connectivity index (χ0v) is 10.4. The summed E-state index contributed by atoms with van der Waals surface area (Å²) in [6, 6.07) is 3.56. The zero-order chi connectivity index (χ0) is 15.0. The number of carbonyl (C=O) groups is 2. The highest BCUT2D eigenvalue weighted by Gasteiger charge is 2.06. The molecule has 6 heteroatoms. The third-order valence-electron chi connectivity index (χ3n) is 1.89. The average molecular weight is 278 g/mol. The molecule has 0 aromatic heterocycles. The van der Waals surface area contributed by atoms with Gasteiger partial charge in [-0.15, -0.1) is 0 Å². The minimum Gasteiger partial charge on any atom is -0.459 e. The quantitative estimate of drug-likeness (QED) is 0.346. The van der Waals surface area contributed by atoms with E-state index in [9.17, 15) is 14.0 Å². The van der Waals surface area contributed by atoms with Crippen LogP contribution < -0.4 is 9.47 Å². The lowest BCUT2D eigenvalue weighted by atomic mass is 10.3. The van der Waals surface area contributed by atoms with Gasteiger partial charge in [-0.25, -0.2) is 14.0 Å². The number of benzene rings is 1. The number of hydrogen-bond donors (Lipinski definition) is 0. The Morgan fingerprint density at radius 1 is 1.10 bits per heavy atom. The Labute approximate surface area is 114 Å². The molecule has 0 spiro atoms. The molecule has 0 saturated heterocycles. The van der Waals surface area contributed by atoms with E-state index in [0.717, 1.165) is 30.7 Å². The molecule has 0 atom stereocenters. The van der Waals surface area contributed by atoms with Gasteiger partial charge in [-0.2, -0.15) is 0 Å². The largest absolute Gasteiger partial charge is 0.459 e. The summed E-state index contributed by atoms with van der Waals surface area (Å²) in [6.07, 6.45) is 3.84. The van der Waals surface area contributed by atoms with Gasteiger partial charge in [-0.1, -0.05) is 13.2 Å². The van der Waals surface area contributed by atoms with E-state index in [1.54, 1.807) is 0 Å². The molecule has 0 aliphatic heterocycles. The van der Waals surface area contributed by atoms with Crippen LogP contribution in [0.2, 0.25) is 0 Å². The summed E-state index contributed by atoms with van der Waals surface area (Å²) < 4.78 is 27.6. The first-order valence-electron chi connectivity index (χ1n) is 5.35. The van der Waals surface area contributed by atoms with Gasteiger partial charge in [0.2, 0.25) is 0 Å². The molecule has 0 aliphatic rings. The smallest absolute Gasteiger partial charge is 0.335 e. The van der Waals surface area contributed by atoms with E-state index < -0.39 is 17.8 Å². The number of halogens is 1. The van der Waals surface area contributed by atoms with Crippen molar-refractivity contribution in [2.75, 3.05) is 0 Å². The van der Waals surface area contributed by atoms with Crippen molar-refractivity contribution in [2.24, 2.45) is 0 Å². The molecule has 0 aliphatic carbocycles. The molecule has 1 aromatic rings. The molecule has 0 unspecified atom stereocenters. The van der Waals surface area contributed by atoms with E-state index >= 15 is 0 Å². The third-order valence-corrected chi connectivity index (χ3v) is 1.89. The highest BCUT2D eigenvalue weighted by molar-refractivity contribution is 5.83. The summed E-state index contributed by atoms with van der Waals surface area (Å²) in [5.41, 5.74) is 0. The Morgan fingerprint density at radius 2 is 1.80 bits per heavy atom. The minimum atomic E-state index is -0.751. The topological polar surface area (TPSA) is 61.8 Å². The number of ether oxygens (including phenoxy) is 3. The van der Waals surface area contributed by atoms with Crippen molar-refractivity contribution in [1.29, 1.82) is 0 Å². The predicted molar refractivity (Wildman–Crippen MR) is 68.3 cm³/mol. The Bertz CT molecular complexity index is 563. The van der Waals surface area contributed by atoms with Crippen LogP contribution in [0.1, 0.15) is 0 Å². The summed E-state index contributed by atoms with van der Waals surface area (Å²) in [7, 11) is 0.